The lowest BCUT2D eigenvalue weighted by atomic mass is 10.1. The lowest BCUT2D eigenvalue weighted by molar-refractivity contribution is -0.00916. The van der Waals surface area contributed by atoms with E-state index in [2.05, 4.69) is 15.5 Å². The van der Waals surface area contributed by atoms with Crippen LogP contribution in [0.15, 0.2) is 22.7 Å². The summed E-state index contributed by atoms with van der Waals surface area (Å²) >= 11 is 0. The van der Waals surface area contributed by atoms with Crippen LogP contribution in [0, 0.1) is 18.6 Å². The highest BCUT2D eigenvalue weighted by Gasteiger charge is 2.25. The number of anilines is 1. The Balaban J connectivity index is 1.55. The molecule has 1 aromatic heterocycles. The number of nitrogens with one attached hydrogen (secondary N) is 1. The maximum absolute atomic E-state index is 13.6. The van der Waals surface area contributed by atoms with E-state index in [4.69, 9.17) is 9.26 Å². The van der Waals surface area contributed by atoms with Crippen LogP contribution in [0.3, 0.4) is 0 Å². The van der Waals surface area contributed by atoms with E-state index in [1.807, 2.05) is 0 Å². The van der Waals surface area contributed by atoms with Crippen molar-refractivity contribution in [2.45, 2.75) is 32.5 Å². The van der Waals surface area contributed by atoms with Crippen LogP contribution in [-0.2, 0) is 11.3 Å². The Bertz CT molecular complexity index is 753. The maximum atomic E-state index is 13.6. The first kappa shape index (κ1) is 17.3. The van der Waals surface area contributed by atoms with Crippen LogP contribution in [0.2, 0.25) is 0 Å². The zero-order valence-electron chi connectivity index (χ0n) is 13.7. The maximum Gasteiger partial charge on any atom is 0.322 e. The minimum atomic E-state index is -0.689. The van der Waals surface area contributed by atoms with Gasteiger partial charge in [0, 0.05) is 19.2 Å². The molecule has 1 saturated heterocycles. The van der Waals surface area contributed by atoms with Gasteiger partial charge in [-0.2, -0.15) is 4.98 Å². The van der Waals surface area contributed by atoms with E-state index in [9.17, 15) is 13.6 Å². The molecule has 1 N–H and O–H groups in total. The molecule has 134 valence electrons. The number of carbonyl (C=O) groups excluding carboxylic acids is 1. The number of hydrogen-bond donors (Lipinski definition) is 1. The van der Waals surface area contributed by atoms with E-state index in [1.165, 1.54) is 4.90 Å². The van der Waals surface area contributed by atoms with Crippen molar-refractivity contribution in [1.29, 1.82) is 0 Å². The molecule has 3 rings (SSSR count). The first-order valence-electron chi connectivity index (χ1n) is 7.93. The molecule has 0 bridgehead atoms. The van der Waals surface area contributed by atoms with E-state index >= 15 is 0 Å². The van der Waals surface area contributed by atoms with Gasteiger partial charge in [0.15, 0.2) is 5.82 Å². The summed E-state index contributed by atoms with van der Waals surface area (Å²) < 4.78 is 37.5. The second kappa shape index (κ2) is 7.56. The number of aromatic nitrogens is 2. The number of likely N-dealkylation sites (tertiary alicyclic amines) is 1. The quantitative estimate of drug-likeness (QED) is 0.915. The molecule has 2 aromatic rings. The lowest BCUT2D eigenvalue weighted by Crippen LogP contribution is -2.45. The van der Waals surface area contributed by atoms with Crippen molar-refractivity contribution in [3.8, 4) is 0 Å². The van der Waals surface area contributed by atoms with Crippen molar-refractivity contribution in [2.75, 3.05) is 18.4 Å². The third-order valence-corrected chi connectivity index (χ3v) is 3.85. The van der Waals surface area contributed by atoms with Gasteiger partial charge >= 0.3 is 6.03 Å². The van der Waals surface area contributed by atoms with Crippen LogP contribution in [0.1, 0.15) is 24.6 Å². The summed E-state index contributed by atoms with van der Waals surface area (Å²) in [5.74, 6) is -0.404. The molecule has 1 aromatic carbocycles. The second-order valence-corrected chi connectivity index (χ2v) is 5.81. The molecule has 0 spiro atoms. The first-order chi connectivity index (χ1) is 12.0. The molecule has 0 radical (unpaired) electrons. The smallest absolute Gasteiger partial charge is 0.322 e. The average Bonchev–Trinajstić information content (AvgIpc) is 3.02. The van der Waals surface area contributed by atoms with Crippen LogP contribution >= 0.6 is 0 Å². The summed E-state index contributed by atoms with van der Waals surface area (Å²) in [4.78, 5) is 17.8. The molecule has 1 unspecified atom stereocenters. The van der Waals surface area contributed by atoms with Crippen LogP contribution < -0.4 is 5.32 Å². The first-order valence-corrected chi connectivity index (χ1v) is 7.93. The van der Waals surface area contributed by atoms with Crippen molar-refractivity contribution >= 4 is 11.7 Å². The number of urea groups is 1. The molecule has 1 fully saturated rings. The Labute approximate surface area is 143 Å². The molecular weight excluding hydrogens is 334 g/mol. The lowest BCUT2D eigenvalue weighted by Gasteiger charge is -2.32. The van der Waals surface area contributed by atoms with Gasteiger partial charge in [0.05, 0.1) is 11.8 Å². The molecule has 9 heteroatoms. The van der Waals surface area contributed by atoms with Crippen LogP contribution in [-0.4, -0.2) is 40.3 Å². The molecule has 0 saturated carbocycles. The Morgan fingerprint density at radius 1 is 1.48 bits per heavy atom. The summed E-state index contributed by atoms with van der Waals surface area (Å²) in [6, 6.07) is 2.42. The van der Waals surface area contributed by atoms with Gasteiger partial charge in [-0.3, -0.25) is 0 Å². The van der Waals surface area contributed by atoms with Gasteiger partial charge in [0.1, 0.15) is 18.2 Å². The van der Waals surface area contributed by atoms with E-state index in [1.54, 1.807) is 6.92 Å². The summed E-state index contributed by atoms with van der Waals surface area (Å²) in [7, 11) is 0. The standard InChI is InChI=1S/C16H18F2N4O3/c1-10-19-15(25-21-10)9-24-12-3-2-6-22(8-12)16(23)20-14-7-11(17)4-5-13(14)18/h4-5,7,12H,2-3,6,8-9H2,1H3,(H,20,23). The number of rotatable bonds is 4. The fourth-order valence-electron chi connectivity index (χ4n) is 2.63. The largest absolute Gasteiger partial charge is 0.367 e. The van der Waals surface area contributed by atoms with Crippen molar-refractivity contribution in [3.63, 3.8) is 0 Å². The molecule has 0 aliphatic carbocycles. The van der Waals surface area contributed by atoms with Crippen LogP contribution in [0.4, 0.5) is 19.3 Å². The molecule has 1 aliphatic rings. The van der Waals surface area contributed by atoms with Gasteiger partial charge in [-0.25, -0.2) is 13.6 Å². The van der Waals surface area contributed by atoms with E-state index in [-0.39, 0.29) is 18.4 Å². The Kier molecular flexibility index (Phi) is 5.22. The van der Waals surface area contributed by atoms with Crippen molar-refractivity contribution in [2.24, 2.45) is 0 Å². The van der Waals surface area contributed by atoms with Crippen molar-refractivity contribution in [3.05, 3.63) is 41.5 Å². The highest BCUT2D eigenvalue weighted by atomic mass is 19.1. The Morgan fingerprint density at radius 2 is 2.32 bits per heavy atom. The molecule has 1 aliphatic heterocycles. The fraction of sp³-hybridized carbons (Fsp3) is 0.438. The minimum absolute atomic E-state index is 0.166. The van der Waals surface area contributed by atoms with Gasteiger partial charge in [-0.15, -0.1) is 0 Å². The highest BCUT2D eigenvalue weighted by molar-refractivity contribution is 5.89. The van der Waals surface area contributed by atoms with E-state index in [0.717, 1.165) is 31.0 Å². The molecule has 1 atom stereocenters. The molecule has 2 amide bonds. The van der Waals surface area contributed by atoms with Gasteiger partial charge in [0.2, 0.25) is 0 Å². The minimum Gasteiger partial charge on any atom is -0.367 e. The van der Waals surface area contributed by atoms with Crippen LogP contribution in [0.5, 0.6) is 0 Å². The topological polar surface area (TPSA) is 80.5 Å². The third kappa shape index (κ3) is 4.50. The number of hydrogen-bond acceptors (Lipinski definition) is 5. The zero-order chi connectivity index (χ0) is 17.8. The van der Waals surface area contributed by atoms with Gasteiger partial charge in [-0.1, -0.05) is 5.16 Å². The van der Waals surface area contributed by atoms with Gasteiger partial charge < -0.3 is 19.5 Å². The number of nitrogens with zero attached hydrogens (tertiary/aromatic N) is 3. The summed E-state index contributed by atoms with van der Waals surface area (Å²) in [5, 5.41) is 6.07. The van der Waals surface area contributed by atoms with E-state index in [0.29, 0.717) is 24.8 Å². The van der Waals surface area contributed by atoms with Gasteiger partial charge in [-0.05, 0) is 31.9 Å². The Morgan fingerprint density at radius 3 is 3.08 bits per heavy atom. The second-order valence-electron chi connectivity index (χ2n) is 5.81. The number of aryl methyl sites for hydroxylation is 1. The number of ether oxygens (including phenoxy) is 1. The summed E-state index contributed by atoms with van der Waals surface area (Å²) in [5.41, 5.74) is -0.186. The normalized spacial score (nSPS) is 17.6. The van der Waals surface area contributed by atoms with Crippen molar-refractivity contribution in [1.82, 2.24) is 15.0 Å². The number of benzene rings is 1. The number of halogens is 2. The molecular formula is C16H18F2N4O3. The fourth-order valence-corrected chi connectivity index (χ4v) is 2.63. The number of amides is 2. The zero-order valence-corrected chi connectivity index (χ0v) is 13.7. The molecule has 7 nitrogen and oxygen atoms in total. The van der Waals surface area contributed by atoms with Crippen LogP contribution in [0.25, 0.3) is 0 Å². The predicted molar refractivity (Wildman–Crippen MR) is 83.8 cm³/mol. The molecule has 2 heterocycles. The SMILES string of the molecule is Cc1noc(COC2CCCN(C(=O)Nc3cc(F)ccc3F)C2)n1. The monoisotopic (exact) mass is 352 g/mol. The number of carbonyl (C=O) groups is 1. The summed E-state index contributed by atoms with van der Waals surface area (Å²) in [6.45, 7) is 2.74. The molecule has 25 heavy (non-hydrogen) atoms. The van der Waals surface area contributed by atoms with E-state index < -0.39 is 17.7 Å². The predicted octanol–water partition coefficient (Wildman–Crippen LogP) is 2.87. The van der Waals surface area contributed by atoms with Gasteiger partial charge in [0.25, 0.3) is 5.89 Å². The Hall–Kier alpha value is -2.55. The highest BCUT2D eigenvalue weighted by Crippen LogP contribution is 2.19. The summed E-state index contributed by atoms with van der Waals surface area (Å²) in [6.07, 6.45) is 1.33. The average molecular weight is 352 g/mol. The number of piperidine rings is 1. The third-order valence-electron chi connectivity index (χ3n) is 3.85. The van der Waals surface area contributed by atoms with Crippen molar-refractivity contribution < 1.29 is 22.8 Å².